The molecule has 0 aromatic rings. The molecule has 0 fully saturated rings. The Hall–Kier alpha value is 0.210. The van der Waals surface area contributed by atoms with E-state index in [1.807, 2.05) is 0 Å². The summed E-state index contributed by atoms with van der Waals surface area (Å²) in [6, 6.07) is 0. The van der Waals surface area contributed by atoms with Crippen molar-refractivity contribution in [1.82, 2.24) is 0 Å². The zero-order valence-corrected chi connectivity index (χ0v) is 8.52. The molecule has 2 nitrogen and oxygen atoms in total. The minimum absolute atomic E-state index is 0.144. The Morgan fingerprint density at radius 1 is 0.917 bits per heavy atom. The lowest BCUT2D eigenvalue weighted by Gasteiger charge is -2.02. The molecule has 0 aromatic heterocycles. The first-order valence-corrected chi connectivity index (χ1v) is 5.30. The summed E-state index contributed by atoms with van der Waals surface area (Å²) in [6.45, 7) is 0.826. The second kappa shape index (κ2) is 9.30. The van der Waals surface area contributed by atoms with Crippen molar-refractivity contribution in [3.8, 4) is 0 Å². The van der Waals surface area contributed by atoms with Gasteiger partial charge in [0.15, 0.2) is 0 Å². The van der Waals surface area contributed by atoms with Crippen LogP contribution in [0.15, 0.2) is 0 Å². The molecule has 0 rings (SSSR count). The lowest BCUT2D eigenvalue weighted by Crippen LogP contribution is -2.10. The molecule has 1 unspecified atom stereocenters. The molecule has 0 aliphatic carbocycles. The largest absolute Gasteiger partial charge is 0.330 e. The molecule has 12 heavy (non-hydrogen) atoms. The fraction of sp³-hybridized carbons (Fsp3) is 1.00. The summed E-state index contributed by atoms with van der Waals surface area (Å²) in [7, 11) is 0. The quantitative estimate of drug-likeness (QED) is 0.352. The van der Waals surface area contributed by atoms with E-state index in [0.29, 0.717) is 0 Å². The first-order valence-electron chi connectivity index (χ1n) is 4.87. The van der Waals surface area contributed by atoms with Crippen LogP contribution in [0.5, 0.6) is 0 Å². The van der Waals surface area contributed by atoms with E-state index in [1.165, 1.54) is 25.7 Å². The molecular formula is C9H21ClN2. The predicted molar refractivity (Wildman–Crippen MR) is 55.2 cm³/mol. The van der Waals surface area contributed by atoms with Gasteiger partial charge in [0.1, 0.15) is 0 Å². The van der Waals surface area contributed by atoms with Crippen molar-refractivity contribution >= 4 is 11.6 Å². The van der Waals surface area contributed by atoms with Gasteiger partial charge in [-0.1, -0.05) is 32.1 Å². The minimum Gasteiger partial charge on any atom is -0.330 e. The van der Waals surface area contributed by atoms with Crippen molar-refractivity contribution in [3.63, 3.8) is 0 Å². The maximum absolute atomic E-state index is 5.60. The molecule has 0 heterocycles. The average Bonchev–Trinajstić information content (AvgIpc) is 2.02. The second-order valence-corrected chi connectivity index (χ2v) is 3.78. The predicted octanol–water partition coefficient (Wildman–Crippen LogP) is 2.20. The van der Waals surface area contributed by atoms with Gasteiger partial charge < -0.3 is 11.5 Å². The molecule has 0 spiro atoms. The van der Waals surface area contributed by atoms with E-state index in [1.54, 1.807) is 0 Å². The molecule has 0 aliphatic rings. The summed E-state index contributed by atoms with van der Waals surface area (Å²) in [5, 5.41) is 0. The normalized spacial score (nSPS) is 13.2. The summed E-state index contributed by atoms with van der Waals surface area (Å²) < 4.78 is 0. The van der Waals surface area contributed by atoms with Gasteiger partial charge in [-0.2, -0.15) is 0 Å². The van der Waals surface area contributed by atoms with E-state index in [9.17, 15) is 0 Å². The van der Waals surface area contributed by atoms with Crippen LogP contribution >= 0.6 is 11.6 Å². The van der Waals surface area contributed by atoms with Crippen molar-refractivity contribution < 1.29 is 0 Å². The Morgan fingerprint density at radius 3 is 1.92 bits per heavy atom. The van der Waals surface area contributed by atoms with E-state index in [-0.39, 0.29) is 5.50 Å². The van der Waals surface area contributed by atoms with Gasteiger partial charge in [-0.15, -0.1) is 11.6 Å². The van der Waals surface area contributed by atoms with Crippen LogP contribution in [-0.4, -0.2) is 12.0 Å². The molecule has 0 aliphatic heterocycles. The van der Waals surface area contributed by atoms with Crippen LogP contribution in [0, 0.1) is 0 Å². The third-order valence-corrected chi connectivity index (χ3v) is 2.15. The number of hydrogen-bond donors (Lipinski definition) is 2. The number of alkyl halides is 1. The summed E-state index contributed by atoms with van der Waals surface area (Å²) in [5.41, 5.74) is 10.6. The monoisotopic (exact) mass is 192 g/mol. The van der Waals surface area contributed by atoms with Crippen LogP contribution in [-0.2, 0) is 0 Å². The molecule has 74 valence electrons. The van der Waals surface area contributed by atoms with Gasteiger partial charge in [-0.3, -0.25) is 0 Å². The molecule has 1 atom stereocenters. The molecule has 4 N–H and O–H groups in total. The minimum atomic E-state index is -0.144. The Balaban J connectivity index is 2.82. The molecule has 3 heteroatoms. The van der Waals surface area contributed by atoms with Gasteiger partial charge in [0.05, 0.1) is 5.50 Å². The highest BCUT2D eigenvalue weighted by Gasteiger charge is 1.95. The Bertz CT molecular complexity index is 86.6. The lowest BCUT2D eigenvalue weighted by molar-refractivity contribution is 0.576. The highest BCUT2D eigenvalue weighted by molar-refractivity contribution is 6.20. The van der Waals surface area contributed by atoms with Crippen molar-refractivity contribution in [3.05, 3.63) is 0 Å². The molecule has 0 bridgehead atoms. The first-order chi connectivity index (χ1) is 5.77. The SMILES string of the molecule is NCCCCCCCCC(N)Cl. The number of hydrogen-bond acceptors (Lipinski definition) is 2. The standard InChI is InChI=1S/C9H21ClN2/c10-9(12)7-5-3-1-2-4-6-8-11/h9H,1-8,11-12H2. The zero-order valence-electron chi connectivity index (χ0n) is 7.77. The number of unbranched alkanes of at least 4 members (excludes halogenated alkanes) is 5. The van der Waals surface area contributed by atoms with Crippen LogP contribution in [0.25, 0.3) is 0 Å². The third-order valence-electron chi connectivity index (χ3n) is 1.93. The van der Waals surface area contributed by atoms with Gasteiger partial charge in [0, 0.05) is 0 Å². The van der Waals surface area contributed by atoms with Gasteiger partial charge >= 0.3 is 0 Å². The summed E-state index contributed by atoms with van der Waals surface area (Å²) in [4.78, 5) is 0. The van der Waals surface area contributed by atoms with Crippen molar-refractivity contribution in [2.24, 2.45) is 11.5 Å². The van der Waals surface area contributed by atoms with Crippen LogP contribution in [0.4, 0.5) is 0 Å². The highest BCUT2D eigenvalue weighted by atomic mass is 35.5. The smallest absolute Gasteiger partial charge is 0.0800 e. The Labute approximate surface area is 80.6 Å². The molecular weight excluding hydrogens is 172 g/mol. The number of nitrogens with two attached hydrogens (primary N) is 2. The summed E-state index contributed by atoms with van der Waals surface area (Å²) >= 11 is 5.60. The van der Waals surface area contributed by atoms with Crippen molar-refractivity contribution in [2.75, 3.05) is 6.54 Å². The third kappa shape index (κ3) is 10.2. The fourth-order valence-electron chi connectivity index (χ4n) is 1.19. The van der Waals surface area contributed by atoms with Crippen molar-refractivity contribution in [2.45, 2.75) is 50.4 Å². The second-order valence-electron chi connectivity index (χ2n) is 3.21. The molecule has 0 radical (unpaired) electrons. The van der Waals surface area contributed by atoms with Gasteiger partial charge in [-0.25, -0.2) is 0 Å². The van der Waals surface area contributed by atoms with Crippen LogP contribution in [0.3, 0.4) is 0 Å². The van der Waals surface area contributed by atoms with E-state index in [4.69, 9.17) is 23.1 Å². The Morgan fingerprint density at radius 2 is 1.42 bits per heavy atom. The lowest BCUT2D eigenvalue weighted by atomic mass is 10.1. The molecule has 0 amide bonds. The average molecular weight is 193 g/mol. The summed E-state index contributed by atoms with van der Waals surface area (Å²) in [5.74, 6) is 0. The Kier molecular flexibility index (Phi) is 9.46. The van der Waals surface area contributed by atoms with Crippen molar-refractivity contribution in [1.29, 1.82) is 0 Å². The zero-order chi connectivity index (χ0) is 9.23. The maximum atomic E-state index is 5.60. The van der Waals surface area contributed by atoms with Gasteiger partial charge in [-0.05, 0) is 19.4 Å². The van der Waals surface area contributed by atoms with Gasteiger partial charge in [0.2, 0.25) is 0 Å². The number of halogens is 1. The molecule has 0 saturated carbocycles. The van der Waals surface area contributed by atoms with E-state index < -0.39 is 0 Å². The molecule has 0 saturated heterocycles. The number of rotatable bonds is 8. The first kappa shape index (κ1) is 12.2. The van der Waals surface area contributed by atoms with Crippen LogP contribution in [0.2, 0.25) is 0 Å². The highest BCUT2D eigenvalue weighted by Crippen LogP contribution is 2.08. The maximum Gasteiger partial charge on any atom is 0.0800 e. The van der Waals surface area contributed by atoms with Crippen LogP contribution in [0.1, 0.15) is 44.9 Å². The van der Waals surface area contributed by atoms with Crippen LogP contribution < -0.4 is 11.5 Å². The van der Waals surface area contributed by atoms with E-state index in [0.717, 1.165) is 25.8 Å². The van der Waals surface area contributed by atoms with Gasteiger partial charge in [0.25, 0.3) is 0 Å². The van der Waals surface area contributed by atoms with E-state index >= 15 is 0 Å². The van der Waals surface area contributed by atoms with E-state index in [2.05, 4.69) is 0 Å². The summed E-state index contributed by atoms with van der Waals surface area (Å²) in [6.07, 6.45) is 8.38. The fourth-order valence-corrected chi connectivity index (χ4v) is 1.35. The molecule has 0 aromatic carbocycles. The topological polar surface area (TPSA) is 52.0 Å².